The van der Waals surface area contributed by atoms with Crippen LogP contribution < -0.4 is 11.1 Å². The summed E-state index contributed by atoms with van der Waals surface area (Å²) >= 11 is 1.20. The van der Waals surface area contributed by atoms with Crippen molar-refractivity contribution in [1.29, 1.82) is 0 Å². The van der Waals surface area contributed by atoms with Crippen molar-refractivity contribution in [3.05, 3.63) is 30.3 Å². The molecule has 1 aromatic carbocycles. The number of primary amides is 1. The Balaban J connectivity index is 2.24. The van der Waals surface area contributed by atoms with Crippen LogP contribution in [0.2, 0.25) is 0 Å². The third kappa shape index (κ3) is 4.56. The number of hydrogen-bond acceptors (Lipinski definition) is 6. The van der Waals surface area contributed by atoms with Gasteiger partial charge in [-0.05, 0) is 6.92 Å². The standard InChI is InChI=1S/C15H19N5O3S/c1-10(13(21)17-14(16)22)24-15-19-18-12(20(15)8-9-23-2)11-6-4-3-5-7-11/h3-7,10H,8-9H2,1-2H3,(H3,16,17,21,22)/t10-/m1/s1. The number of nitrogens with two attached hydrogens (primary N) is 1. The first-order chi connectivity index (χ1) is 11.5. The summed E-state index contributed by atoms with van der Waals surface area (Å²) < 4.78 is 7.03. The number of carbonyl (C=O) groups is 2. The number of carbonyl (C=O) groups excluding carboxylic acids is 2. The van der Waals surface area contributed by atoms with Crippen molar-refractivity contribution >= 4 is 23.7 Å². The van der Waals surface area contributed by atoms with Crippen molar-refractivity contribution < 1.29 is 14.3 Å². The molecular weight excluding hydrogens is 330 g/mol. The molecule has 0 fully saturated rings. The predicted octanol–water partition coefficient (Wildman–Crippen LogP) is 1.27. The molecule has 1 aromatic heterocycles. The summed E-state index contributed by atoms with van der Waals surface area (Å²) in [6.07, 6.45) is 0. The second-order valence-corrected chi connectivity index (χ2v) is 6.24. The van der Waals surface area contributed by atoms with Crippen molar-refractivity contribution in [1.82, 2.24) is 20.1 Å². The van der Waals surface area contributed by atoms with Crippen LogP contribution in [0.1, 0.15) is 6.92 Å². The smallest absolute Gasteiger partial charge is 0.318 e. The van der Waals surface area contributed by atoms with E-state index in [4.69, 9.17) is 10.5 Å². The van der Waals surface area contributed by atoms with E-state index in [9.17, 15) is 9.59 Å². The summed E-state index contributed by atoms with van der Waals surface area (Å²) in [4.78, 5) is 22.6. The van der Waals surface area contributed by atoms with E-state index in [2.05, 4.69) is 15.5 Å². The van der Waals surface area contributed by atoms with Gasteiger partial charge in [-0.25, -0.2) is 4.79 Å². The molecule has 0 saturated heterocycles. The number of nitrogens with one attached hydrogen (secondary N) is 1. The molecule has 1 atom stereocenters. The molecule has 8 nitrogen and oxygen atoms in total. The number of hydrogen-bond donors (Lipinski definition) is 2. The number of rotatable bonds is 7. The lowest BCUT2D eigenvalue weighted by atomic mass is 10.2. The third-order valence-electron chi connectivity index (χ3n) is 3.17. The number of benzene rings is 1. The molecule has 9 heteroatoms. The first kappa shape index (κ1) is 18.0. The molecule has 0 spiro atoms. The average Bonchev–Trinajstić information content (AvgIpc) is 2.95. The Morgan fingerprint density at radius 1 is 1.33 bits per heavy atom. The molecule has 0 aliphatic heterocycles. The van der Waals surface area contributed by atoms with Gasteiger partial charge in [-0.15, -0.1) is 10.2 Å². The molecule has 2 rings (SSSR count). The highest BCUT2D eigenvalue weighted by Crippen LogP contribution is 2.26. The Bertz CT molecular complexity index is 704. The molecule has 128 valence electrons. The van der Waals surface area contributed by atoms with Crippen LogP contribution in [0.4, 0.5) is 4.79 Å². The zero-order valence-corrected chi connectivity index (χ0v) is 14.2. The first-order valence-electron chi connectivity index (χ1n) is 7.27. The summed E-state index contributed by atoms with van der Waals surface area (Å²) in [5.74, 6) is 0.215. The molecule has 0 radical (unpaired) electrons. The Labute approximate surface area is 143 Å². The van der Waals surface area contributed by atoms with Crippen molar-refractivity contribution in [2.75, 3.05) is 13.7 Å². The maximum Gasteiger partial charge on any atom is 0.318 e. The molecule has 2 aromatic rings. The van der Waals surface area contributed by atoms with Gasteiger partial charge in [0.25, 0.3) is 0 Å². The van der Waals surface area contributed by atoms with Crippen molar-refractivity contribution in [2.24, 2.45) is 5.73 Å². The van der Waals surface area contributed by atoms with Crippen LogP contribution in [0.15, 0.2) is 35.5 Å². The molecule has 3 N–H and O–H groups in total. The molecule has 1 heterocycles. The van der Waals surface area contributed by atoms with E-state index in [1.54, 1.807) is 14.0 Å². The number of imide groups is 1. The van der Waals surface area contributed by atoms with E-state index in [0.717, 1.165) is 5.56 Å². The maximum absolute atomic E-state index is 11.8. The summed E-state index contributed by atoms with van der Waals surface area (Å²) in [7, 11) is 1.61. The third-order valence-corrected chi connectivity index (χ3v) is 4.25. The van der Waals surface area contributed by atoms with Crippen LogP contribution in [0, 0.1) is 0 Å². The predicted molar refractivity (Wildman–Crippen MR) is 90.4 cm³/mol. The van der Waals surface area contributed by atoms with Crippen molar-refractivity contribution in [3.63, 3.8) is 0 Å². The van der Waals surface area contributed by atoms with Gasteiger partial charge >= 0.3 is 6.03 Å². The van der Waals surface area contributed by atoms with Crippen molar-refractivity contribution in [3.8, 4) is 11.4 Å². The zero-order valence-electron chi connectivity index (χ0n) is 13.4. The highest BCUT2D eigenvalue weighted by atomic mass is 32.2. The van der Waals surface area contributed by atoms with Gasteiger partial charge in [0, 0.05) is 12.7 Å². The van der Waals surface area contributed by atoms with E-state index in [1.165, 1.54) is 11.8 Å². The van der Waals surface area contributed by atoms with Crippen LogP contribution >= 0.6 is 11.8 Å². The Hall–Kier alpha value is -2.39. The molecular formula is C15H19N5O3S. The summed E-state index contributed by atoms with van der Waals surface area (Å²) in [6, 6.07) is 8.75. The highest BCUT2D eigenvalue weighted by Gasteiger charge is 2.21. The fourth-order valence-corrected chi connectivity index (χ4v) is 2.87. The summed E-state index contributed by atoms with van der Waals surface area (Å²) in [5, 5.41) is 10.5. The maximum atomic E-state index is 11.8. The number of thioether (sulfide) groups is 1. The Kier molecular flexibility index (Phi) is 6.33. The number of nitrogens with zero attached hydrogens (tertiary/aromatic N) is 3. The fourth-order valence-electron chi connectivity index (χ4n) is 2.00. The number of urea groups is 1. The lowest BCUT2D eigenvalue weighted by Gasteiger charge is -2.12. The van der Waals surface area contributed by atoms with E-state index in [0.29, 0.717) is 24.1 Å². The molecule has 0 unspecified atom stereocenters. The van der Waals surface area contributed by atoms with E-state index < -0.39 is 17.2 Å². The summed E-state index contributed by atoms with van der Waals surface area (Å²) in [5.41, 5.74) is 5.89. The molecule has 0 saturated carbocycles. The number of ether oxygens (including phenoxy) is 1. The monoisotopic (exact) mass is 349 g/mol. The lowest BCUT2D eigenvalue weighted by Crippen LogP contribution is -2.39. The minimum atomic E-state index is -0.877. The molecule has 0 aliphatic carbocycles. The number of amides is 3. The van der Waals surface area contributed by atoms with E-state index in [-0.39, 0.29) is 0 Å². The Morgan fingerprint density at radius 3 is 2.67 bits per heavy atom. The Morgan fingerprint density at radius 2 is 2.04 bits per heavy atom. The van der Waals surface area contributed by atoms with Gasteiger partial charge in [-0.2, -0.15) is 0 Å². The fraction of sp³-hybridized carbons (Fsp3) is 0.333. The summed E-state index contributed by atoms with van der Waals surface area (Å²) in [6.45, 7) is 2.69. The van der Waals surface area contributed by atoms with Gasteiger partial charge in [-0.3, -0.25) is 14.7 Å². The molecule has 24 heavy (non-hydrogen) atoms. The normalized spacial score (nSPS) is 11.9. The number of methoxy groups -OCH3 is 1. The van der Waals surface area contributed by atoms with Crippen LogP contribution in [0.25, 0.3) is 11.4 Å². The molecule has 0 bridgehead atoms. The first-order valence-corrected chi connectivity index (χ1v) is 8.15. The zero-order chi connectivity index (χ0) is 17.5. The molecule has 3 amide bonds. The largest absolute Gasteiger partial charge is 0.383 e. The van der Waals surface area contributed by atoms with Gasteiger partial charge in [-0.1, -0.05) is 42.1 Å². The van der Waals surface area contributed by atoms with Crippen LogP contribution in [0.3, 0.4) is 0 Å². The van der Waals surface area contributed by atoms with Gasteiger partial charge in [0.15, 0.2) is 11.0 Å². The molecule has 0 aliphatic rings. The topological polar surface area (TPSA) is 112 Å². The van der Waals surface area contributed by atoms with Gasteiger partial charge in [0.05, 0.1) is 18.4 Å². The minimum absolute atomic E-state index is 0.477. The van der Waals surface area contributed by atoms with Crippen LogP contribution in [-0.2, 0) is 16.1 Å². The van der Waals surface area contributed by atoms with Crippen LogP contribution in [0.5, 0.6) is 0 Å². The SMILES string of the molecule is COCCn1c(S[C@H](C)C(=O)NC(N)=O)nnc1-c1ccccc1. The quantitative estimate of drug-likeness (QED) is 0.728. The van der Waals surface area contributed by atoms with Gasteiger partial charge in [0.2, 0.25) is 5.91 Å². The van der Waals surface area contributed by atoms with E-state index >= 15 is 0 Å². The van der Waals surface area contributed by atoms with Gasteiger partial charge in [0.1, 0.15) is 0 Å². The number of aromatic nitrogens is 3. The van der Waals surface area contributed by atoms with Gasteiger partial charge < -0.3 is 10.5 Å². The van der Waals surface area contributed by atoms with E-state index in [1.807, 2.05) is 34.9 Å². The van der Waals surface area contributed by atoms with Crippen molar-refractivity contribution in [2.45, 2.75) is 23.9 Å². The second kappa shape index (κ2) is 8.46. The minimum Gasteiger partial charge on any atom is -0.383 e. The van der Waals surface area contributed by atoms with Crippen LogP contribution in [-0.4, -0.2) is 45.7 Å². The highest BCUT2D eigenvalue weighted by molar-refractivity contribution is 8.00. The average molecular weight is 349 g/mol. The lowest BCUT2D eigenvalue weighted by molar-refractivity contribution is -0.119. The second-order valence-electron chi connectivity index (χ2n) is 4.93.